The van der Waals surface area contributed by atoms with E-state index in [0.717, 1.165) is 0 Å². The van der Waals surface area contributed by atoms with E-state index in [-0.39, 0.29) is 66.1 Å². The van der Waals surface area contributed by atoms with Crippen LogP contribution in [-0.4, -0.2) is 44.6 Å². The molecule has 3 N–H and O–H groups in total. The normalized spacial score (nSPS) is 12.2. The number of halogens is 3. The van der Waals surface area contributed by atoms with E-state index >= 15 is 0 Å². The fourth-order valence-electron chi connectivity index (χ4n) is 6.52. The predicted molar refractivity (Wildman–Crippen MR) is 217 cm³/mol. The first-order valence-corrected chi connectivity index (χ1v) is 20.7. The molecule has 4 nitrogen and oxygen atoms in total. The minimum absolute atomic E-state index is 0. The summed E-state index contributed by atoms with van der Waals surface area (Å²) in [6.07, 6.45) is 0. The van der Waals surface area contributed by atoms with Crippen LogP contribution >= 0.6 is 15.8 Å². The van der Waals surface area contributed by atoms with E-state index in [1.54, 1.807) is 0 Å². The van der Waals surface area contributed by atoms with Gasteiger partial charge in [0.05, 0.1) is 0 Å². The molecule has 4 rings (SSSR count). The first-order chi connectivity index (χ1) is 22.7. The van der Waals surface area contributed by atoms with Gasteiger partial charge in [0.2, 0.25) is 0 Å². The Balaban J connectivity index is 0. The Morgan fingerprint density at radius 3 is 0.868 bits per heavy atom. The van der Waals surface area contributed by atoms with Crippen molar-refractivity contribution >= 4 is 36.6 Å². The smallest absolute Gasteiger partial charge is 0.412 e. The zero-order valence-corrected chi connectivity index (χ0v) is 39.6. The van der Waals surface area contributed by atoms with Crippen LogP contribution in [0.2, 0.25) is 0 Å². The molecule has 4 aromatic carbocycles. The Morgan fingerprint density at radius 2 is 0.660 bits per heavy atom. The largest absolute Gasteiger partial charge is 0.522 e. The first-order valence-electron chi connectivity index (χ1n) is 16.6. The second kappa shape index (κ2) is 21.4. The maximum absolute atomic E-state index is 10.7. The number of benzene rings is 4. The summed E-state index contributed by atoms with van der Waals surface area (Å²) in [7, 11) is -6.40. The molecule has 4 aromatic rings. The molecule has 53 heavy (non-hydrogen) atoms. The monoisotopic (exact) mass is 1160 g/mol. The van der Waals surface area contributed by atoms with Crippen LogP contribution in [0.1, 0.15) is 83.1 Å². The fraction of sp³-hybridized carbons (Fsp3) is 0.415. The summed E-state index contributed by atoms with van der Waals surface area (Å²) in [4.78, 5) is 0. The van der Waals surface area contributed by atoms with Gasteiger partial charge in [-0.1, -0.05) is 208 Å². The Morgan fingerprint density at radius 1 is 0.453 bits per heavy atom. The summed E-state index contributed by atoms with van der Waals surface area (Å²) in [5, 5.41) is 4.21. The van der Waals surface area contributed by atoms with Crippen LogP contribution in [0.25, 0.3) is 22.3 Å². The molecule has 0 atom stereocenters. The molecule has 0 aliphatic heterocycles. The zero-order chi connectivity index (χ0) is 38.3. The van der Waals surface area contributed by atoms with Crippen molar-refractivity contribution in [2.75, 3.05) is 0 Å². The van der Waals surface area contributed by atoms with Crippen LogP contribution < -0.4 is 10.6 Å². The number of alkyl halides is 3. The molecular formula is C41H57Au2F3O4P2S. The second-order valence-corrected chi connectivity index (χ2v) is 25.1. The third-order valence-electron chi connectivity index (χ3n) is 7.44. The molecule has 304 valence electrons. The van der Waals surface area contributed by atoms with Crippen molar-refractivity contribution in [3.8, 4) is 22.3 Å². The van der Waals surface area contributed by atoms with Gasteiger partial charge in [0.1, 0.15) is 0 Å². The van der Waals surface area contributed by atoms with Gasteiger partial charge in [-0.15, -0.1) is 0 Å². The standard InChI is InChI=1S/2C20H27P.CHF3O3S.2Au.H2O/c2*1-19(2,3)21(20(4,5)6)18-15-11-10-14-17(18)16-12-8-7-9-13-16;2-1(3,4)8(5,6)7;;;/h2*7-15H,1-6H3;(H,5,6,7);;;1H2. The Bertz CT molecular complexity index is 1620. The molecule has 0 aliphatic rings. The van der Waals surface area contributed by atoms with E-state index in [1.807, 2.05) is 0 Å². The third-order valence-corrected chi connectivity index (χ3v) is 15.1. The van der Waals surface area contributed by atoms with Gasteiger partial charge in [-0.3, -0.25) is 4.55 Å². The Labute approximate surface area is 351 Å². The van der Waals surface area contributed by atoms with Crippen molar-refractivity contribution in [1.29, 1.82) is 0 Å². The number of hydrogen-bond acceptors (Lipinski definition) is 2. The van der Waals surface area contributed by atoms with E-state index in [1.165, 1.54) is 32.9 Å². The average Bonchev–Trinajstić information content (AvgIpc) is 2.95. The molecule has 0 unspecified atom stereocenters. The van der Waals surface area contributed by atoms with E-state index in [9.17, 15) is 13.2 Å². The third kappa shape index (κ3) is 16.5. The molecule has 0 fully saturated rings. The van der Waals surface area contributed by atoms with Crippen molar-refractivity contribution < 1.29 is 76.4 Å². The summed E-state index contributed by atoms with van der Waals surface area (Å²) in [6, 6.07) is 39.5. The summed E-state index contributed by atoms with van der Waals surface area (Å²) >= 11 is 0. The van der Waals surface area contributed by atoms with Crippen molar-refractivity contribution in [1.82, 2.24) is 0 Å². The maximum Gasteiger partial charge on any atom is 0.522 e. The molecule has 0 saturated heterocycles. The summed E-state index contributed by atoms with van der Waals surface area (Å²) in [5.74, 6) is 0. The molecule has 0 spiro atoms. The van der Waals surface area contributed by atoms with E-state index in [2.05, 4.69) is 192 Å². The van der Waals surface area contributed by atoms with Gasteiger partial charge in [0.15, 0.2) is 0 Å². The topological polar surface area (TPSA) is 85.9 Å². The van der Waals surface area contributed by atoms with Crippen molar-refractivity contribution in [3.05, 3.63) is 109 Å². The van der Waals surface area contributed by atoms with Gasteiger partial charge in [-0.25, -0.2) is 0 Å². The van der Waals surface area contributed by atoms with Gasteiger partial charge < -0.3 is 5.48 Å². The molecule has 0 saturated carbocycles. The van der Waals surface area contributed by atoms with E-state index in [0.29, 0.717) is 20.6 Å². The van der Waals surface area contributed by atoms with Crippen molar-refractivity contribution in [2.24, 2.45) is 0 Å². The molecular weight excluding hydrogens is 1100 g/mol. The van der Waals surface area contributed by atoms with Gasteiger partial charge >= 0.3 is 15.6 Å². The van der Waals surface area contributed by atoms with Gasteiger partial charge in [0, 0.05) is 44.8 Å². The number of rotatable bonds is 4. The van der Waals surface area contributed by atoms with Crippen LogP contribution in [0.15, 0.2) is 109 Å². The van der Waals surface area contributed by atoms with E-state index in [4.69, 9.17) is 13.0 Å². The molecule has 12 heteroatoms. The summed E-state index contributed by atoms with van der Waals surface area (Å²) in [6.45, 7) is 28.6. The predicted octanol–water partition coefficient (Wildman–Crippen LogP) is 11.7. The molecule has 0 amide bonds. The molecule has 0 aliphatic carbocycles. The summed E-state index contributed by atoms with van der Waals surface area (Å²) in [5.41, 5.74) is -0.0844. The molecule has 0 bridgehead atoms. The van der Waals surface area contributed by atoms with Gasteiger partial charge in [-0.2, -0.15) is 21.6 Å². The zero-order valence-electron chi connectivity index (χ0n) is 32.7. The number of hydrogen-bond donors (Lipinski definition) is 1. The van der Waals surface area contributed by atoms with Crippen molar-refractivity contribution in [2.45, 2.75) is 109 Å². The molecule has 2 radical (unpaired) electrons. The summed E-state index contributed by atoms with van der Waals surface area (Å²) < 4.78 is 57.5. The van der Waals surface area contributed by atoms with Crippen molar-refractivity contribution in [3.63, 3.8) is 0 Å². The quantitative estimate of drug-likeness (QED) is 0.0956. The van der Waals surface area contributed by atoms with Crippen LogP contribution in [0.5, 0.6) is 0 Å². The van der Waals surface area contributed by atoms with Gasteiger partial charge in [0.25, 0.3) is 0 Å². The van der Waals surface area contributed by atoms with Crippen LogP contribution in [0, 0.1) is 0 Å². The molecule has 0 heterocycles. The minimum Gasteiger partial charge on any atom is -0.412 e. The minimum atomic E-state index is -5.84. The fourth-order valence-corrected chi connectivity index (χ4v) is 14.8. The first kappa shape index (κ1) is 54.0. The van der Waals surface area contributed by atoms with Crippen LogP contribution in [-0.2, 0) is 54.9 Å². The maximum atomic E-state index is 10.7. The van der Waals surface area contributed by atoms with Crippen LogP contribution in [0.4, 0.5) is 13.2 Å². The average molecular weight is 1160 g/mol. The van der Waals surface area contributed by atoms with E-state index < -0.39 is 15.6 Å². The SMILES string of the molecule is CC(C)(C)P(c1ccccc1-c1ccccc1)C(C)(C)C.CC(C)(C)P(c1ccccc1-c1ccccc1)C(C)(C)C.O.O=S(=O)(O)C(F)(F)F.[Au].[Au]. The van der Waals surface area contributed by atoms with Gasteiger partial charge in [-0.05, 0) is 53.5 Å². The Kier molecular flexibility index (Phi) is 21.8. The molecule has 0 aromatic heterocycles. The van der Waals surface area contributed by atoms with Crippen LogP contribution in [0.3, 0.4) is 0 Å². The Hall–Kier alpha value is -1.12. The second-order valence-electron chi connectivity index (χ2n) is 16.0.